The lowest BCUT2D eigenvalue weighted by molar-refractivity contribution is -0.141. The van der Waals surface area contributed by atoms with Gasteiger partial charge in [-0.3, -0.25) is 14.5 Å². The van der Waals surface area contributed by atoms with Crippen molar-refractivity contribution in [2.45, 2.75) is 71.2 Å². The molecule has 3 fully saturated rings. The van der Waals surface area contributed by atoms with Crippen LogP contribution >= 0.6 is 11.3 Å². The highest BCUT2D eigenvalue weighted by Crippen LogP contribution is 2.56. The van der Waals surface area contributed by atoms with Gasteiger partial charge < -0.3 is 34.3 Å². The van der Waals surface area contributed by atoms with Crippen molar-refractivity contribution in [1.29, 1.82) is 0 Å². The Kier molecular flexibility index (Phi) is 10.7. The number of nitrogens with zero attached hydrogens (tertiary/aromatic N) is 7. The number of amides is 2. The molecule has 6 heterocycles. The number of aromatic nitrogens is 5. The number of likely N-dealkylation sites (tertiary alicyclic amines) is 2. The summed E-state index contributed by atoms with van der Waals surface area (Å²) < 4.78 is 14.2. The number of rotatable bonds is 13. The third kappa shape index (κ3) is 7.54. The van der Waals surface area contributed by atoms with Crippen LogP contribution in [-0.4, -0.2) is 102 Å². The molecule has 6 aromatic rings. The number of carbonyl (C=O) groups excluding carboxylic acids is 2. The number of ether oxygens (including phenoxy) is 1. The van der Waals surface area contributed by atoms with E-state index in [-0.39, 0.29) is 42.5 Å². The number of phenolic OH excluding ortho intramolecular Hbond substituents is 1. The highest BCUT2D eigenvalue weighted by molar-refractivity contribution is 7.13. The molecule has 1 saturated carbocycles. The minimum Gasteiger partial charge on any atom is -0.507 e. The van der Waals surface area contributed by atoms with Crippen LogP contribution < -0.4 is 10.1 Å². The molecular formula is C45H50N8O6S. The number of hydrogen-bond acceptors (Lipinski definition) is 12. The normalized spacial score (nSPS) is 22.3. The zero-order chi connectivity index (χ0) is 41.8. The number of hydrogen-bond donors (Lipinski definition) is 3. The molecule has 4 aromatic heterocycles. The number of thiazole rings is 1. The van der Waals surface area contributed by atoms with Gasteiger partial charge >= 0.3 is 0 Å². The maximum Gasteiger partial charge on any atom is 0.254 e. The fourth-order valence-corrected chi connectivity index (χ4v) is 10.2. The second-order valence-corrected chi connectivity index (χ2v) is 17.8. The van der Waals surface area contributed by atoms with Gasteiger partial charge in [0.25, 0.3) is 5.88 Å². The predicted molar refractivity (Wildman–Crippen MR) is 226 cm³/mol. The third-order valence-electron chi connectivity index (χ3n) is 12.5. The summed E-state index contributed by atoms with van der Waals surface area (Å²) in [7, 11) is 0. The highest BCUT2D eigenvalue weighted by Gasteiger charge is 2.57. The molecule has 9 rings (SSSR count). The molecule has 60 heavy (non-hydrogen) atoms. The van der Waals surface area contributed by atoms with E-state index in [1.165, 1.54) is 4.90 Å². The Morgan fingerprint density at radius 2 is 1.77 bits per heavy atom. The number of piperidine rings is 1. The van der Waals surface area contributed by atoms with E-state index < -0.39 is 18.1 Å². The molecule has 1 aliphatic carbocycles. The average Bonchev–Trinajstić information content (AvgIpc) is 3.90. The second kappa shape index (κ2) is 16.1. The summed E-state index contributed by atoms with van der Waals surface area (Å²) in [6.45, 7) is 13.0. The summed E-state index contributed by atoms with van der Waals surface area (Å²) in [6, 6.07) is 20.3. The van der Waals surface area contributed by atoms with Crippen molar-refractivity contribution in [2.24, 2.45) is 17.8 Å². The van der Waals surface area contributed by atoms with Crippen molar-refractivity contribution in [3.63, 3.8) is 0 Å². The minimum atomic E-state index is -0.824. The van der Waals surface area contributed by atoms with E-state index in [0.717, 1.165) is 58.1 Å². The van der Waals surface area contributed by atoms with Crippen LogP contribution in [0.25, 0.3) is 32.7 Å². The number of aromatic hydroxyl groups is 1. The molecular weight excluding hydrogens is 781 g/mol. The lowest BCUT2D eigenvalue weighted by atomic mass is 9.91. The molecule has 0 bridgehead atoms. The summed E-state index contributed by atoms with van der Waals surface area (Å²) in [4.78, 5) is 37.2. The molecule has 312 valence electrons. The molecule has 0 spiro atoms. The topological polar surface area (TPSA) is 172 Å². The van der Waals surface area contributed by atoms with E-state index in [4.69, 9.17) is 9.26 Å². The van der Waals surface area contributed by atoms with Crippen molar-refractivity contribution in [2.75, 3.05) is 32.8 Å². The van der Waals surface area contributed by atoms with Crippen molar-refractivity contribution < 1.29 is 29.1 Å². The number of aliphatic hydroxyl groups excluding tert-OH is 1. The molecule has 7 atom stereocenters. The first-order valence-electron chi connectivity index (χ1n) is 20.7. The summed E-state index contributed by atoms with van der Waals surface area (Å²) in [6.07, 6.45) is -0.668. The summed E-state index contributed by atoms with van der Waals surface area (Å²) in [5, 5.41) is 37.2. The van der Waals surface area contributed by atoms with Crippen LogP contribution in [-0.2, 0) is 9.59 Å². The standard InChI is InChI=1S/C45H50N8O6S/c1-24(2)41(45(57)52-20-30(54)17-37(52)44(56)47-26(4)28-10-12-29(13-11-28)43-27(5)46-23-60-43)39-19-40(50-59-39)58-15-14-51-21-32-33(22-51)42(32)53-25(3)16-35-36(53)18-34(48-49-35)31-8-6-7-9-38(31)55/h6-13,16,18-19,23-24,26,30,32-33,37,41-42,54-55H,14-15,17,20-22H2,1-5H3,(H,47,56)/t26-,30+,32-,33+,37-,41+,42?/m0/s1. The molecule has 2 amide bonds. The molecule has 14 nitrogen and oxygen atoms in total. The number of carbonyl (C=O) groups is 2. The fraction of sp³-hybridized carbons (Fsp3) is 0.422. The number of phenols is 1. The van der Waals surface area contributed by atoms with E-state index in [1.54, 1.807) is 29.5 Å². The number of fused-ring (bicyclic) bond motifs is 2. The lowest BCUT2D eigenvalue weighted by Gasteiger charge is -2.29. The Bertz CT molecular complexity index is 2520. The van der Waals surface area contributed by atoms with Gasteiger partial charge in [-0.25, -0.2) is 4.98 Å². The molecule has 2 saturated heterocycles. The molecule has 3 aliphatic rings. The van der Waals surface area contributed by atoms with Crippen molar-refractivity contribution >= 4 is 34.2 Å². The zero-order valence-corrected chi connectivity index (χ0v) is 35.2. The molecule has 15 heteroatoms. The number of aliphatic hydroxyl groups is 1. The number of benzene rings is 2. The lowest BCUT2D eigenvalue weighted by Crippen LogP contribution is -2.48. The van der Waals surface area contributed by atoms with Gasteiger partial charge in [0.15, 0.2) is 5.76 Å². The fourth-order valence-electron chi connectivity index (χ4n) is 9.39. The molecule has 2 aromatic carbocycles. The Morgan fingerprint density at radius 3 is 2.48 bits per heavy atom. The first kappa shape index (κ1) is 39.8. The largest absolute Gasteiger partial charge is 0.507 e. The number of nitrogens with one attached hydrogen (secondary N) is 1. The van der Waals surface area contributed by atoms with E-state index in [2.05, 4.69) is 48.1 Å². The maximum absolute atomic E-state index is 14.2. The minimum absolute atomic E-state index is 0.0566. The maximum atomic E-state index is 14.2. The van der Waals surface area contributed by atoms with Gasteiger partial charge in [0, 0.05) is 56.0 Å². The molecule has 2 aliphatic heterocycles. The van der Waals surface area contributed by atoms with Crippen LogP contribution in [0.3, 0.4) is 0 Å². The van der Waals surface area contributed by atoms with Gasteiger partial charge in [-0.1, -0.05) is 50.2 Å². The second-order valence-electron chi connectivity index (χ2n) is 16.9. The Balaban J connectivity index is 0.789. The van der Waals surface area contributed by atoms with Crippen LogP contribution in [0.1, 0.15) is 67.9 Å². The van der Waals surface area contributed by atoms with Gasteiger partial charge in [-0.2, -0.15) is 0 Å². The monoisotopic (exact) mass is 830 g/mol. The van der Waals surface area contributed by atoms with Gasteiger partial charge in [-0.15, -0.1) is 21.5 Å². The van der Waals surface area contributed by atoms with Crippen molar-refractivity contribution in [3.8, 4) is 33.3 Å². The Morgan fingerprint density at radius 1 is 1.00 bits per heavy atom. The van der Waals surface area contributed by atoms with Crippen molar-refractivity contribution in [3.05, 3.63) is 95.0 Å². The smallest absolute Gasteiger partial charge is 0.254 e. The average molecular weight is 831 g/mol. The summed E-state index contributed by atoms with van der Waals surface area (Å²) >= 11 is 1.59. The van der Waals surface area contributed by atoms with Crippen molar-refractivity contribution in [1.82, 2.24) is 40.0 Å². The van der Waals surface area contributed by atoms with Gasteiger partial charge in [-0.05, 0) is 79.1 Å². The third-order valence-corrected chi connectivity index (χ3v) is 13.5. The Labute approximate surface area is 352 Å². The molecule has 0 radical (unpaired) electrons. The van der Waals surface area contributed by atoms with E-state index in [1.807, 2.05) is 75.7 Å². The van der Waals surface area contributed by atoms with E-state index >= 15 is 0 Å². The quantitative estimate of drug-likeness (QED) is 0.119. The summed E-state index contributed by atoms with van der Waals surface area (Å²) in [5.74, 6) is 0.395. The van der Waals surface area contributed by atoms with E-state index in [0.29, 0.717) is 47.4 Å². The number of β-amino-alcohol motifs (C(OH)–C–C–N with tert-alkyl or cyclic N) is 1. The molecule has 3 N–H and O–H groups in total. The SMILES string of the molecule is Cc1ncsc1-c1ccc([C@H](C)NC(=O)[C@@H]2C[C@@H](O)CN2C(=O)[C@@H](c2cc(OCCN3C[C@@H]4C(n5c(C)cc6nnc(-c7ccccc7O)cc65)[C@@H]4C3)no2)C(C)C)cc1. The highest BCUT2D eigenvalue weighted by atomic mass is 32.1. The number of aryl methyl sites for hydroxylation is 2. The first-order chi connectivity index (χ1) is 28.9. The van der Waals surface area contributed by atoms with Crippen LogP contribution in [0.5, 0.6) is 11.6 Å². The van der Waals surface area contributed by atoms with Crippen LogP contribution in [0.2, 0.25) is 0 Å². The summed E-state index contributed by atoms with van der Waals surface area (Å²) in [5.41, 5.74) is 9.16. The predicted octanol–water partition coefficient (Wildman–Crippen LogP) is 6.29. The van der Waals surface area contributed by atoms with Gasteiger partial charge in [0.2, 0.25) is 11.8 Å². The molecule has 1 unspecified atom stereocenters. The van der Waals surface area contributed by atoms with Crippen LogP contribution in [0.4, 0.5) is 0 Å². The van der Waals surface area contributed by atoms with E-state index in [9.17, 15) is 19.8 Å². The van der Waals surface area contributed by atoms with Crippen LogP contribution in [0, 0.1) is 31.6 Å². The first-order valence-corrected chi connectivity index (χ1v) is 21.6. The van der Waals surface area contributed by atoms with Gasteiger partial charge in [0.1, 0.15) is 29.8 Å². The van der Waals surface area contributed by atoms with Gasteiger partial charge in [0.05, 0.1) is 39.4 Å². The van der Waals surface area contributed by atoms with Crippen LogP contribution in [0.15, 0.2) is 76.8 Å². The Hall–Kier alpha value is -5.64. The zero-order valence-electron chi connectivity index (χ0n) is 34.4. The number of para-hydroxylation sites is 1.